The molecule has 0 aliphatic carbocycles. The normalized spacial score (nSPS) is 10.9. The molecule has 4 nitrogen and oxygen atoms in total. The summed E-state index contributed by atoms with van der Waals surface area (Å²) in [6.45, 7) is 0.270. The molecule has 0 amide bonds. The molecular formula is C15H13FN4. The lowest BCUT2D eigenvalue weighted by molar-refractivity contribution is 0.625. The molecule has 4 N–H and O–H groups in total. The van der Waals surface area contributed by atoms with E-state index in [1.165, 1.54) is 18.5 Å². The van der Waals surface area contributed by atoms with E-state index in [9.17, 15) is 4.39 Å². The highest BCUT2D eigenvalue weighted by molar-refractivity contribution is 5.91. The molecular weight excluding hydrogens is 255 g/mol. The summed E-state index contributed by atoms with van der Waals surface area (Å²) in [5.74, 6) is 0.131. The van der Waals surface area contributed by atoms with Gasteiger partial charge in [0.2, 0.25) is 0 Å². The Labute approximate surface area is 115 Å². The molecule has 0 unspecified atom stereocenters. The van der Waals surface area contributed by atoms with Crippen LogP contribution >= 0.6 is 0 Å². The maximum atomic E-state index is 13.3. The van der Waals surface area contributed by atoms with Crippen LogP contribution in [0.1, 0.15) is 5.56 Å². The fourth-order valence-corrected chi connectivity index (χ4v) is 2.26. The SMILES string of the molecule is NCc1cc(F)ccc1-c1ccc2ncnc(N)c2c1. The van der Waals surface area contributed by atoms with Crippen molar-refractivity contribution in [2.45, 2.75) is 6.54 Å². The van der Waals surface area contributed by atoms with E-state index in [0.29, 0.717) is 5.82 Å². The minimum atomic E-state index is -0.294. The van der Waals surface area contributed by atoms with E-state index in [0.717, 1.165) is 27.6 Å². The third-order valence-corrected chi connectivity index (χ3v) is 3.26. The second kappa shape index (κ2) is 4.86. The van der Waals surface area contributed by atoms with Gasteiger partial charge in [-0.15, -0.1) is 0 Å². The van der Waals surface area contributed by atoms with Crippen molar-refractivity contribution in [3.63, 3.8) is 0 Å². The van der Waals surface area contributed by atoms with E-state index in [2.05, 4.69) is 9.97 Å². The second-order valence-corrected chi connectivity index (χ2v) is 4.50. The van der Waals surface area contributed by atoms with Crippen LogP contribution < -0.4 is 11.5 Å². The standard InChI is InChI=1S/C15H13FN4/c16-11-2-3-12(10(5-11)7-17)9-1-4-14-13(6-9)15(18)20-8-19-14/h1-6,8H,7,17H2,(H2,18,19,20). The van der Waals surface area contributed by atoms with Crippen LogP contribution in [0.25, 0.3) is 22.0 Å². The van der Waals surface area contributed by atoms with Crippen LogP contribution in [0, 0.1) is 5.82 Å². The number of benzene rings is 2. The molecule has 1 heterocycles. The first kappa shape index (κ1) is 12.5. The molecule has 5 heteroatoms. The molecule has 3 rings (SSSR count). The molecule has 0 aliphatic heterocycles. The van der Waals surface area contributed by atoms with Crippen molar-refractivity contribution in [2.24, 2.45) is 5.73 Å². The van der Waals surface area contributed by atoms with Gasteiger partial charge in [-0.3, -0.25) is 0 Å². The van der Waals surface area contributed by atoms with Crippen molar-refractivity contribution < 1.29 is 4.39 Å². The van der Waals surface area contributed by atoms with Crippen LogP contribution in [0.4, 0.5) is 10.2 Å². The zero-order valence-electron chi connectivity index (χ0n) is 10.7. The Morgan fingerprint density at radius 1 is 1.05 bits per heavy atom. The van der Waals surface area contributed by atoms with E-state index in [1.54, 1.807) is 6.07 Å². The maximum Gasteiger partial charge on any atom is 0.134 e. The van der Waals surface area contributed by atoms with E-state index < -0.39 is 0 Å². The minimum Gasteiger partial charge on any atom is -0.383 e. The van der Waals surface area contributed by atoms with Gasteiger partial charge >= 0.3 is 0 Å². The summed E-state index contributed by atoms with van der Waals surface area (Å²) >= 11 is 0. The fraction of sp³-hybridized carbons (Fsp3) is 0.0667. The molecule has 0 bridgehead atoms. The lowest BCUT2D eigenvalue weighted by Gasteiger charge is -2.09. The van der Waals surface area contributed by atoms with Gasteiger partial charge in [-0.1, -0.05) is 12.1 Å². The van der Waals surface area contributed by atoms with Crippen molar-refractivity contribution >= 4 is 16.7 Å². The average Bonchev–Trinajstić information content (AvgIpc) is 2.47. The third-order valence-electron chi connectivity index (χ3n) is 3.26. The summed E-state index contributed by atoms with van der Waals surface area (Å²) < 4.78 is 13.3. The zero-order valence-corrected chi connectivity index (χ0v) is 10.7. The van der Waals surface area contributed by atoms with Gasteiger partial charge in [0.1, 0.15) is 18.0 Å². The fourth-order valence-electron chi connectivity index (χ4n) is 2.26. The van der Waals surface area contributed by atoms with E-state index in [1.807, 2.05) is 18.2 Å². The molecule has 0 radical (unpaired) electrons. The molecule has 0 fully saturated rings. The Morgan fingerprint density at radius 2 is 1.90 bits per heavy atom. The number of nitrogen functional groups attached to an aromatic ring is 1. The predicted octanol–water partition coefficient (Wildman–Crippen LogP) is 2.48. The Morgan fingerprint density at radius 3 is 2.70 bits per heavy atom. The van der Waals surface area contributed by atoms with E-state index in [4.69, 9.17) is 11.5 Å². The topological polar surface area (TPSA) is 77.8 Å². The average molecular weight is 268 g/mol. The maximum absolute atomic E-state index is 13.3. The van der Waals surface area contributed by atoms with Gasteiger partial charge in [-0.2, -0.15) is 0 Å². The number of anilines is 1. The van der Waals surface area contributed by atoms with E-state index in [-0.39, 0.29) is 12.4 Å². The Balaban J connectivity index is 2.22. The van der Waals surface area contributed by atoms with Gasteiger partial charge < -0.3 is 11.5 Å². The molecule has 0 atom stereocenters. The van der Waals surface area contributed by atoms with Crippen LogP contribution in [-0.4, -0.2) is 9.97 Å². The Bertz CT molecular complexity index is 786. The number of nitrogens with two attached hydrogens (primary N) is 2. The van der Waals surface area contributed by atoms with Gasteiger partial charge in [0, 0.05) is 11.9 Å². The predicted molar refractivity (Wildman–Crippen MR) is 77.2 cm³/mol. The third kappa shape index (κ3) is 2.08. The molecule has 100 valence electrons. The first-order valence-corrected chi connectivity index (χ1v) is 6.18. The van der Waals surface area contributed by atoms with Crippen molar-refractivity contribution in [3.05, 3.63) is 54.1 Å². The number of halogens is 1. The van der Waals surface area contributed by atoms with E-state index >= 15 is 0 Å². The number of fused-ring (bicyclic) bond motifs is 1. The lowest BCUT2D eigenvalue weighted by atomic mass is 9.98. The summed E-state index contributed by atoms with van der Waals surface area (Å²) in [5.41, 5.74) is 14.9. The largest absolute Gasteiger partial charge is 0.383 e. The van der Waals surface area contributed by atoms with Crippen molar-refractivity contribution in [1.29, 1.82) is 0 Å². The number of nitrogens with zero attached hydrogens (tertiary/aromatic N) is 2. The first-order valence-electron chi connectivity index (χ1n) is 6.18. The molecule has 1 aromatic heterocycles. The summed E-state index contributed by atoms with van der Waals surface area (Å²) in [6.07, 6.45) is 1.43. The smallest absolute Gasteiger partial charge is 0.134 e. The summed E-state index contributed by atoms with van der Waals surface area (Å²) in [4.78, 5) is 8.14. The van der Waals surface area contributed by atoms with Gasteiger partial charge in [-0.05, 0) is 41.0 Å². The number of rotatable bonds is 2. The molecule has 20 heavy (non-hydrogen) atoms. The molecule has 0 aliphatic rings. The molecule has 2 aromatic carbocycles. The highest BCUT2D eigenvalue weighted by Gasteiger charge is 2.08. The Kier molecular flexibility index (Phi) is 3.04. The number of hydrogen-bond acceptors (Lipinski definition) is 4. The van der Waals surface area contributed by atoms with Crippen molar-refractivity contribution in [3.8, 4) is 11.1 Å². The summed E-state index contributed by atoms with van der Waals surface area (Å²) in [7, 11) is 0. The molecule has 3 aromatic rings. The quantitative estimate of drug-likeness (QED) is 0.748. The second-order valence-electron chi connectivity index (χ2n) is 4.50. The number of aromatic nitrogens is 2. The first-order chi connectivity index (χ1) is 9.69. The molecule has 0 saturated carbocycles. The molecule has 0 saturated heterocycles. The molecule has 0 spiro atoms. The van der Waals surface area contributed by atoms with Crippen LogP contribution in [-0.2, 0) is 6.54 Å². The zero-order chi connectivity index (χ0) is 14.1. The van der Waals surface area contributed by atoms with Gasteiger partial charge in [0.15, 0.2) is 0 Å². The summed E-state index contributed by atoms with van der Waals surface area (Å²) in [6, 6.07) is 10.3. The lowest BCUT2D eigenvalue weighted by Crippen LogP contribution is -2.00. The monoisotopic (exact) mass is 268 g/mol. The van der Waals surface area contributed by atoms with Crippen LogP contribution in [0.15, 0.2) is 42.7 Å². The van der Waals surface area contributed by atoms with Crippen LogP contribution in [0.5, 0.6) is 0 Å². The number of hydrogen-bond donors (Lipinski definition) is 2. The minimum absolute atomic E-state index is 0.270. The van der Waals surface area contributed by atoms with Crippen molar-refractivity contribution in [2.75, 3.05) is 5.73 Å². The highest BCUT2D eigenvalue weighted by atomic mass is 19.1. The van der Waals surface area contributed by atoms with Crippen LogP contribution in [0.2, 0.25) is 0 Å². The van der Waals surface area contributed by atoms with Crippen molar-refractivity contribution in [1.82, 2.24) is 9.97 Å². The highest BCUT2D eigenvalue weighted by Crippen LogP contribution is 2.28. The van der Waals surface area contributed by atoms with Gasteiger partial charge in [0.25, 0.3) is 0 Å². The Hall–Kier alpha value is -2.53. The van der Waals surface area contributed by atoms with Gasteiger partial charge in [0.05, 0.1) is 5.52 Å². The summed E-state index contributed by atoms with van der Waals surface area (Å²) in [5, 5.41) is 0.775. The van der Waals surface area contributed by atoms with Crippen LogP contribution in [0.3, 0.4) is 0 Å². The van der Waals surface area contributed by atoms with Gasteiger partial charge in [-0.25, -0.2) is 14.4 Å².